The van der Waals surface area contributed by atoms with E-state index in [4.69, 9.17) is 4.74 Å². The average Bonchev–Trinajstić information content (AvgIpc) is 2.38. The molecule has 1 aromatic heterocycles. The van der Waals surface area contributed by atoms with Gasteiger partial charge in [0.1, 0.15) is 5.82 Å². The molecule has 0 radical (unpaired) electrons. The molecule has 2 rings (SSSR count). The molecule has 1 saturated heterocycles. The molecular weight excluding hydrogens is 222 g/mol. The fourth-order valence-corrected chi connectivity index (χ4v) is 1.83. The van der Waals surface area contributed by atoms with E-state index in [9.17, 15) is 4.79 Å². The molecule has 1 unspecified atom stereocenters. The number of esters is 1. The van der Waals surface area contributed by atoms with Gasteiger partial charge in [0.15, 0.2) is 6.10 Å². The summed E-state index contributed by atoms with van der Waals surface area (Å²) in [5, 5.41) is 0. The number of carbonyl (C=O) groups is 1. The van der Waals surface area contributed by atoms with E-state index in [0.717, 1.165) is 11.5 Å². The lowest BCUT2D eigenvalue weighted by Gasteiger charge is -2.32. The molecule has 0 spiro atoms. The van der Waals surface area contributed by atoms with Gasteiger partial charge in [-0.1, -0.05) is 0 Å². The minimum absolute atomic E-state index is 0.351. The number of ether oxygens (including phenoxy) is 2. The van der Waals surface area contributed by atoms with E-state index in [1.165, 1.54) is 7.11 Å². The molecule has 92 valence electrons. The zero-order chi connectivity index (χ0) is 12.3. The van der Waals surface area contributed by atoms with Gasteiger partial charge in [-0.25, -0.2) is 9.78 Å². The fourth-order valence-electron chi connectivity index (χ4n) is 1.83. The first-order valence-corrected chi connectivity index (χ1v) is 5.44. The molecule has 1 fully saturated rings. The topological polar surface area (TPSA) is 64.5 Å². The number of aryl methyl sites for hydroxylation is 1. The zero-order valence-corrected chi connectivity index (χ0v) is 9.92. The van der Waals surface area contributed by atoms with E-state index < -0.39 is 6.10 Å². The van der Waals surface area contributed by atoms with Crippen LogP contribution in [0.3, 0.4) is 0 Å². The number of aromatic nitrogens is 2. The second-order valence-electron chi connectivity index (χ2n) is 3.79. The van der Waals surface area contributed by atoms with E-state index >= 15 is 0 Å². The summed E-state index contributed by atoms with van der Waals surface area (Å²) >= 11 is 0. The van der Waals surface area contributed by atoms with Gasteiger partial charge in [-0.05, 0) is 6.92 Å². The molecule has 1 aliphatic rings. The maximum atomic E-state index is 11.4. The van der Waals surface area contributed by atoms with Crippen molar-refractivity contribution in [1.82, 2.24) is 9.97 Å². The summed E-state index contributed by atoms with van der Waals surface area (Å²) in [7, 11) is 1.36. The first kappa shape index (κ1) is 11.8. The van der Waals surface area contributed by atoms with Crippen LogP contribution in [0.25, 0.3) is 0 Å². The molecule has 0 aromatic carbocycles. The Kier molecular flexibility index (Phi) is 3.53. The lowest BCUT2D eigenvalue weighted by molar-refractivity contribution is -0.154. The second-order valence-corrected chi connectivity index (χ2v) is 3.79. The van der Waals surface area contributed by atoms with Crippen LogP contribution in [0.15, 0.2) is 12.4 Å². The van der Waals surface area contributed by atoms with Crippen LogP contribution < -0.4 is 4.90 Å². The Morgan fingerprint density at radius 1 is 1.53 bits per heavy atom. The van der Waals surface area contributed by atoms with Crippen molar-refractivity contribution in [3.8, 4) is 0 Å². The van der Waals surface area contributed by atoms with Gasteiger partial charge in [-0.15, -0.1) is 0 Å². The molecule has 0 aliphatic carbocycles. The lowest BCUT2D eigenvalue weighted by atomic mass is 10.2. The van der Waals surface area contributed by atoms with Crippen molar-refractivity contribution >= 4 is 11.8 Å². The first-order chi connectivity index (χ1) is 8.22. The number of hydrogen-bond acceptors (Lipinski definition) is 6. The van der Waals surface area contributed by atoms with Crippen molar-refractivity contribution in [2.24, 2.45) is 0 Å². The molecule has 6 heteroatoms. The van der Waals surface area contributed by atoms with Gasteiger partial charge in [-0.3, -0.25) is 4.98 Å². The van der Waals surface area contributed by atoms with Crippen LogP contribution >= 0.6 is 0 Å². The van der Waals surface area contributed by atoms with Gasteiger partial charge >= 0.3 is 5.97 Å². The summed E-state index contributed by atoms with van der Waals surface area (Å²) in [5.74, 6) is 0.445. The Bertz CT molecular complexity index is 411. The van der Waals surface area contributed by atoms with Gasteiger partial charge in [0.25, 0.3) is 0 Å². The number of hydrogen-bond donors (Lipinski definition) is 0. The van der Waals surface area contributed by atoms with Crippen molar-refractivity contribution in [3.05, 3.63) is 18.1 Å². The van der Waals surface area contributed by atoms with Crippen molar-refractivity contribution in [2.45, 2.75) is 13.0 Å². The van der Waals surface area contributed by atoms with Crippen molar-refractivity contribution in [1.29, 1.82) is 0 Å². The van der Waals surface area contributed by atoms with E-state index in [-0.39, 0.29) is 5.97 Å². The standard InChI is InChI=1S/C11H15N3O3/c1-8-10(13-4-3-12-8)14-5-6-17-9(7-14)11(15)16-2/h3-4,9H,5-7H2,1-2H3. The first-order valence-electron chi connectivity index (χ1n) is 5.44. The van der Waals surface area contributed by atoms with Gasteiger partial charge in [-0.2, -0.15) is 0 Å². The SMILES string of the molecule is COC(=O)C1CN(c2nccnc2C)CCO1. The van der Waals surface area contributed by atoms with Crippen molar-refractivity contribution in [3.63, 3.8) is 0 Å². The Morgan fingerprint density at radius 2 is 2.29 bits per heavy atom. The van der Waals surface area contributed by atoms with Crippen LogP contribution in [0.2, 0.25) is 0 Å². The third-order valence-corrected chi connectivity index (χ3v) is 2.69. The average molecular weight is 237 g/mol. The molecular formula is C11H15N3O3. The van der Waals surface area contributed by atoms with Gasteiger partial charge in [0.05, 0.1) is 26.0 Å². The highest BCUT2D eigenvalue weighted by Gasteiger charge is 2.28. The largest absolute Gasteiger partial charge is 0.467 e. The smallest absolute Gasteiger partial charge is 0.336 e. The lowest BCUT2D eigenvalue weighted by Crippen LogP contribution is -2.47. The van der Waals surface area contributed by atoms with Crippen molar-refractivity contribution in [2.75, 3.05) is 31.7 Å². The van der Waals surface area contributed by atoms with Crippen LogP contribution in [0.4, 0.5) is 5.82 Å². The van der Waals surface area contributed by atoms with E-state index in [0.29, 0.717) is 19.7 Å². The number of carbonyl (C=O) groups excluding carboxylic acids is 1. The monoisotopic (exact) mass is 237 g/mol. The molecule has 0 bridgehead atoms. The summed E-state index contributed by atoms with van der Waals surface area (Å²) < 4.78 is 10.0. The predicted octanol–water partition coefficient (Wildman–Crippen LogP) is 0.163. The quantitative estimate of drug-likeness (QED) is 0.683. The Balaban J connectivity index is 2.12. The van der Waals surface area contributed by atoms with Gasteiger partial charge in [0, 0.05) is 18.9 Å². The highest BCUT2D eigenvalue weighted by Crippen LogP contribution is 2.17. The molecule has 0 amide bonds. The molecule has 1 aliphatic heterocycles. The minimum atomic E-state index is -0.546. The van der Waals surface area contributed by atoms with Crippen LogP contribution in [0.1, 0.15) is 5.69 Å². The molecule has 1 atom stereocenters. The number of anilines is 1. The summed E-state index contributed by atoms with van der Waals surface area (Å²) in [6, 6.07) is 0. The number of morpholine rings is 1. The number of rotatable bonds is 2. The normalized spacial score (nSPS) is 20.1. The zero-order valence-electron chi connectivity index (χ0n) is 9.92. The summed E-state index contributed by atoms with van der Waals surface area (Å²) in [5.41, 5.74) is 0.845. The summed E-state index contributed by atoms with van der Waals surface area (Å²) in [4.78, 5) is 21.9. The van der Waals surface area contributed by atoms with Crippen LogP contribution in [0, 0.1) is 6.92 Å². The van der Waals surface area contributed by atoms with Gasteiger partial charge < -0.3 is 14.4 Å². The fraction of sp³-hybridized carbons (Fsp3) is 0.545. The second kappa shape index (κ2) is 5.09. The van der Waals surface area contributed by atoms with E-state index in [1.54, 1.807) is 12.4 Å². The number of nitrogens with zero attached hydrogens (tertiary/aromatic N) is 3. The third-order valence-electron chi connectivity index (χ3n) is 2.69. The Hall–Kier alpha value is -1.69. The molecule has 0 saturated carbocycles. The van der Waals surface area contributed by atoms with Crippen LogP contribution in [-0.4, -0.2) is 48.8 Å². The van der Waals surface area contributed by atoms with Gasteiger partial charge in [0.2, 0.25) is 0 Å². The predicted molar refractivity (Wildman–Crippen MR) is 60.7 cm³/mol. The summed E-state index contributed by atoms with van der Waals surface area (Å²) in [6.45, 7) is 3.53. The number of methoxy groups -OCH3 is 1. The molecule has 1 aromatic rings. The molecule has 2 heterocycles. The Labute approximate surface area is 99.6 Å². The Morgan fingerprint density at radius 3 is 3.00 bits per heavy atom. The molecule has 6 nitrogen and oxygen atoms in total. The van der Waals surface area contributed by atoms with E-state index in [1.807, 2.05) is 11.8 Å². The minimum Gasteiger partial charge on any atom is -0.467 e. The molecule has 17 heavy (non-hydrogen) atoms. The summed E-state index contributed by atoms with van der Waals surface area (Å²) in [6.07, 6.45) is 2.75. The highest BCUT2D eigenvalue weighted by molar-refractivity contribution is 5.75. The van der Waals surface area contributed by atoms with E-state index in [2.05, 4.69) is 14.7 Å². The maximum Gasteiger partial charge on any atom is 0.336 e. The van der Waals surface area contributed by atoms with Crippen LogP contribution in [-0.2, 0) is 14.3 Å². The third kappa shape index (κ3) is 2.52. The van der Waals surface area contributed by atoms with Crippen molar-refractivity contribution < 1.29 is 14.3 Å². The molecule has 0 N–H and O–H groups in total. The highest BCUT2D eigenvalue weighted by atomic mass is 16.6. The maximum absolute atomic E-state index is 11.4. The van der Waals surface area contributed by atoms with Crippen LogP contribution in [0.5, 0.6) is 0 Å².